The Hall–Kier alpha value is -0.680. The number of pyridine rings is 1. The van der Waals surface area contributed by atoms with Crippen LogP contribution in [0.3, 0.4) is 0 Å². The molecule has 1 atom stereocenters. The van der Waals surface area contributed by atoms with Gasteiger partial charge in [-0.05, 0) is 24.6 Å². The van der Waals surface area contributed by atoms with Crippen LogP contribution in [-0.4, -0.2) is 38.1 Å². The second-order valence-corrected chi connectivity index (χ2v) is 4.08. The van der Waals surface area contributed by atoms with Crippen molar-refractivity contribution in [1.82, 2.24) is 10.3 Å². The summed E-state index contributed by atoms with van der Waals surface area (Å²) < 4.78 is 10.6. The molecule has 96 valence electrons. The van der Waals surface area contributed by atoms with Gasteiger partial charge in [0.15, 0.2) is 6.29 Å². The van der Waals surface area contributed by atoms with Gasteiger partial charge in [-0.3, -0.25) is 4.98 Å². The second kappa shape index (κ2) is 7.61. The van der Waals surface area contributed by atoms with Gasteiger partial charge >= 0.3 is 0 Å². The summed E-state index contributed by atoms with van der Waals surface area (Å²) in [6.45, 7) is 2.89. The van der Waals surface area contributed by atoms with Gasteiger partial charge in [0, 0.05) is 26.6 Å². The van der Waals surface area contributed by atoms with Gasteiger partial charge in [0.1, 0.15) is 0 Å². The molecular formula is C12H19ClN2O2. The molecule has 1 aromatic heterocycles. The standard InChI is InChI=1S/C12H19ClN2O2/c1-4-15-11(12(16-2)17-3)7-9-5-6-14-8-10(9)13/h5-6,8,11-12,15H,4,7H2,1-3H3. The minimum absolute atomic E-state index is 0.0647. The number of nitrogens with zero attached hydrogens (tertiary/aromatic N) is 1. The lowest BCUT2D eigenvalue weighted by Gasteiger charge is -2.25. The van der Waals surface area contributed by atoms with Crippen LogP contribution in [0.2, 0.25) is 5.02 Å². The molecular weight excluding hydrogens is 240 g/mol. The van der Waals surface area contributed by atoms with Gasteiger partial charge in [-0.25, -0.2) is 0 Å². The first-order chi connectivity index (χ1) is 8.22. The van der Waals surface area contributed by atoms with Crippen molar-refractivity contribution in [1.29, 1.82) is 0 Å². The van der Waals surface area contributed by atoms with Crippen LogP contribution in [0.1, 0.15) is 12.5 Å². The molecule has 0 saturated carbocycles. The molecule has 4 nitrogen and oxygen atoms in total. The summed E-state index contributed by atoms with van der Waals surface area (Å²) in [5.74, 6) is 0. The zero-order chi connectivity index (χ0) is 12.7. The van der Waals surface area contributed by atoms with E-state index in [1.165, 1.54) is 0 Å². The Bertz CT molecular complexity index is 332. The van der Waals surface area contributed by atoms with E-state index in [4.69, 9.17) is 21.1 Å². The summed E-state index contributed by atoms with van der Waals surface area (Å²) in [6.07, 6.45) is 3.83. The van der Waals surface area contributed by atoms with Crippen molar-refractivity contribution >= 4 is 11.6 Å². The Morgan fingerprint density at radius 2 is 2.12 bits per heavy atom. The zero-order valence-corrected chi connectivity index (χ0v) is 11.2. The zero-order valence-electron chi connectivity index (χ0n) is 10.4. The normalized spacial score (nSPS) is 13.0. The highest BCUT2D eigenvalue weighted by molar-refractivity contribution is 6.31. The number of likely N-dealkylation sites (N-methyl/N-ethyl adjacent to an activating group) is 1. The summed E-state index contributed by atoms with van der Waals surface area (Å²) in [5.41, 5.74) is 1.03. The Kier molecular flexibility index (Phi) is 6.44. The summed E-state index contributed by atoms with van der Waals surface area (Å²) in [7, 11) is 3.26. The van der Waals surface area contributed by atoms with Crippen molar-refractivity contribution < 1.29 is 9.47 Å². The second-order valence-electron chi connectivity index (χ2n) is 3.68. The van der Waals surface area contributed by atoms with Crippen LogP contribution in [-0.2, 0) is 15.9 Å². The largest absolute Gasteiger partial charge is 0.354 e. The molecule has 0 aromatic carbocycles. The first-order valence-electron chi connectivity index (χ1n) is 5.60. The summed E-state index contributed by atoms with van der Waals surface area (Å²) >= 11 is 6.09. The highest BCUT2D eigenvalue weighted by Crippen LogP contribution is 2.17. The average molecular weight is 259 g/mol. The molecule has 1 rings (SSSR count). The Labute approximate surface area is 107 Å². The van der Waals surface area contributed by atoms with Crippen LogP contribution in [0.4, 0.5) is 0 Å². The molecule has 0 amide bonds. The maximum absolute atomic E-state index is 6.09. The molecule has 0 aliphatic heterocycles. The lowest BCUT2D eigenvalue weighted by Crippen LogP contribution is -2.43. The fourth-order valence-electron chi connectivity index (χ4n) is 1.76. The number of rotatable bonds is 7. The first-order valence-corrected chi connectivity index (χ1v) is 5.98. The molecule has 0 aliphatic rings. The summed E-state index contributed by atoms with van der Waals surface area (Å²) in [4.78, 5) is 3.97. The quantitative estimate of drug-likeness (QED) is 0.759. The van der Waals surface area contributed by atoms with Gasteiger partial charge in [-0.1, -0.05) is 18.5 Å². The molecule has 17 heavy (non-hydrogen) atoms. The molecule has 0 fully saturated rings. The number of aromatic nitrogens is 1. The SMILES string of the molecule is CCNC(Cc1ccncc1Cl)C(OC)OC. The third kappa shape index (κ3) is 4.24. The van der Waals surface area contributed by atoms with Crippen LogP contribution in [0.5, 0.6) is 0 Å². The van der Waals surface area contributed by atoms with Crippen LogP contribution in [0.25, 0.3) is 0 Å². The fourth-order valence-corrected chi connectivity index (χ4v) is 1.95. The van der Waals surface area contributed by atoms with Gasteiger partial charge < -0.3 is 14.8 Å². The number of hydrogen-bond donors (Lipinski definition) is 1. The Morgan fingerprint density at radius 3 is 2.65 bits per heavy atom. The molecule has 1 aromatic rings. The summed E-state index contributed by atoms with van der Waals surface area (Å²) in [5, 5.41) is 4.00. The maximum atomic E-state index is 6.09. The van der Waals surface area contributed by atoms with E-state index in [1.54, 1.807) is 26.6 Å². The highest BCUT2D eigenvalue weighted by Gasteiger charge is 2.21. The summed E-state index contributed by atoms with van der Waals surface area (Å²) in [6, 6.07) is 1.98. The predicted molar refractivity (Wildman–Crippen MR) is 68.2 cm³/mol. The average Bonchev–Trinajstić information content (AvgIpc) is 2.34. The Morgan fingerprint density at radius 1 is 1.41 bits per heavy atom. The molecule has 1 unspecified atom stereocenters. The van der Waals surface area contributed by atoms with Crippen molar-refractivity contribution in [3.05, 3.63) is 29.0 Å². The van der Waals surface area contributed by atoms with Crippen LogP contribution < -0.4 is 5.32 Å². The molecule has 0 spiro atoms. The van der Waals surface area contributed by atoms with Gasteiger partial charge in [-0.15, -0.1) is 0 Å². The molecule has 5 heteroatoms. The van der Waals surface area contributed by atoms with Crippen LogP contribution in [0.15, 0.2) is 18.5 Å². The molecule has 0 aliphatic carbocycles. The van der Waals surface area contributed by atoms with Crippen molar-refractivity contribution in [2.24, 2.45) is 0 Å². The number of methoxy groups -OCH3 is 2. The van der Waals surface area contributed by atoms with E-state index in [0.717, 1.165) is 18.5 Å². The van der Waals surface area contributed by atoms with E-state index < -0.39 is 0 Å². The topological polar surface area (TPSA) is 43.4 Å². The minimum Gasteiger partial charge on any atom is -0.354 e. The Balaban J connectivity index is 2.75. The maximum Gasteiger partial charge on any atom is 0.172 e. The fraction of sp³-hybridized carbons (Fsp3) is 0.583. The smallest absolute Gasteiger partial charge is 0.172 e. The molecule has 1 N–H and O–H groups in total. The molecule has 0 radical (unpaired) electrons. The van der Waals surface area contributed by atoms with Crippen molar-refractivity contribution in [3.8, 4) is 0 Å². The molecule has 0 bridgehead atoms. The van der Waals surface area contributed by atoms with Gasteiger partial charge in [0.2, 0.25) is 0 Å². The number of halogens is 1. The predicted octanol–water partition coefficient (Wildman–Crippen LogP) is 1.87. The number of nitrogens with one attached hydrogen (secondary N) is 1. The lowest BCUT2D eigenvalue weighted by molar-refractivity contribution is -0.122. The molecule has 0 saturated heterocycles. The van der Waals surface area contributed by atoms with Gasteiger partial charge in [-0.2, -0.15) is 0 Å². The van der Waals surface area contributed by atoms with Crippen LogP contribution in [0, 0.1) is 0 Å². The first kappa shape index (κ1) is 14.4. The monoisotopic (exact) mass is 258 g/mol. The minimum atomic E-state index is -0.292. The van der Waals surface area contributed by atoms with Crippen LogP contribution >= 0.6 is 11.6 Å². The van der Waals surface area contributed by atoms with E-state index in [9.17, 15) is 0 Å². The van der Waals surface area contributed by atoms with Crippen molar-refractivity contribution in [2.75, 3.05) is 20.8 Å². The highest BCUT2D eigenvalue weighted by atomic mass is 35.5. The van der Waals surface area contributed by atoms with E-state index in [-0.39, 0.29) is 12.3 Å². The molecule has 1 heterocycles. The number of ether oxygens (including phenoxy) is 2. The third-order valence-electron chi connectivity index (χ3n) is 2.56. The van der Waals surface area contributed by atoms with E-state index in [1.807, 2.05) is 13.0 Å². The third-order valence-corrected chi connectivity index (χ3v) is 2.90. The van der Waals surface area contributed by atoms with Gasteiger partial charge in [0.25, 0.3) is 0 Å². The van der Waals surface area contributed by atoms with Crippen molar-refractivity contribution in [2.45, 2.75) is 25.7 Å². The number of hydrogen-bond acceptors (Lipinski definition) is 4. The van der Waals surface area contributed by atoms with Crippen molar-refractivity contribution in [3.63, 3.8) is 0 Å². The van der Waals surface area contributed by atoms with Gasteiger partial charge in [0.05, 0.1) is 11.1 Å². The van der Waals surface area contributed by atoms with E-state index in [2.05, 4.69) is 10.3 Å². The van der Waals surface area contributed by atoms with E-state index >= 15 is 0 Å². The van der Waals surface area contributed by atoms with E-state index in [0.29, 0.717) is 5.02 Å². The lowest BCUT2D eigenvalue weighted by atomic mass is 10.1.